The number of aromatic nitrogens is 2. The molecule has 0 radical (unpaired) electrons. The minimum Gasteiger partial charge on any atom is -0.315 e. The molecule has 0 aliphatic rings. The maximum Gasteiger partial charge on any atom is 0.224 e. The number of anilines is 1. The molecule has 6 heteroatoms. The normalized spacial score (nSPS) is 10.9. The van der Waals surface area contributed by atoms with Crippen LogP contribution in [0.5, 0.6) is 0 Å². The summed E-state index contributed by atoms with van der Waals surface area (Å²) in [5.74, 6) is 0.651. The van der Waals surface area contributed by atoms with Crippen LogP contribution in [-0.2, 0) is 6.54 Å². The van der Waals surface area contributed by atoms with Gasteiger partial charge in [-0.3, -0.25) is 0 Å². The minimum absolute atomic E-state index is 0.435. The first-order valence-corrected chi connectivity index (χ1v) is 5.81. The molecule has 1 heterocycles. The number of rotatable bonds is 4. The molecule has 0 aliphatic heterocycles. The van der Waals surface area contributed by atoms with Crippen molar-refractivity contribution in [1.82, 2.24) is 9.55 Å². The number of fused-ring (bicyclic) bond motifs is 1. The van der Waals surface area contributed by atoms with Crippen molar-refractivity contribution in [2.75, 3.05) is 5.43 Å². The van der Waals surface area contributed by atoms with Gasteiger partial charge in [-0.2, -0.15) is 5.10 Å². The number of hydrogen-bond donors (Lipinski definition) is 3. The van der Waals surface area contributed by atoms with E-state index in [1.54, 1.807) is 0 Å². The molecule has 6 nitrogen and oxygen atoms in total. The van der Waals surface area contributed by atoms with E-state index < -0.39 is 6.17 Å². The molecule has 2 aromatic rings. The molecule has 0 amide bonds. The molecule has 0 atom stereocenters. The minimum atomic E-state index is -0.435. The van der Waals surface area contributed by atoms with Gasteiger partial charge < -0.3 is 16.0 Å². The fourth-order valence-electron chi connectivity index (χ4n) is 1.72. The highest BCUT2D eigenvalue weighted by Crippen LogP contribution is 2.19. The highest BCUT2D eigenvalue weighted by molar-refractivity contribution is 5.81. The molecule has 0 fully saturated rings. The lowest BCUT2D eigenvalue weighted by atomic mass is 10.3. The monoisotopic (exact) mass is 246 g/mol. The summed E-state index contributed by atoms with van der Waals surface area (Å²) >= 11 is 0. The van der Waals surface area contributed by atoms with E-state index in [1.807, 2.05) is 42.7 Å². The first-order valence-electron chi connectivity index (χ1n) is 5.81. The van der Waals surface area contributed by atoms with Crippen LogP contribution in [0, 0.1) is 0 Å². The Morgan fingerprint density at radius 3 is 2.78 bits per heavy atom. The topological polar surface area (TPSA) is 94.2 Å². The number of nitrogens with two attached hydrogens (primary N) is 2. The zero-order valence-corrected chi connectivity index (χ0v) is 10.6. The van der Waals surface area contributed by atoms with Crippen LogP contribution in [0.1, 0.15) is 13.8 Å². The van der Waals surface area contributed by atoms with Gasteiger partial charge in [0.15, 0.2) is 0 Å². The number of benzene rings is 1. The van der Waals surface area contributed by atoms with Crippen molar-refractivity contribution in [3.05, 3.63) is 24.3 Å². The van der Waals surface area contributed by atoms with Crippen LogP contribution in [0.2, 0.25) is 0 Å². The third-order valence-electron chi connectivity index (χ3n) is 2.43. The van der Waals surface area contributed by atoms with Crippen LogP contribution in [0.15, 0.2) is 29.4 Å². The van der Waals surface area contributed by atoms with Crippen molar-refractivity contribution >= 4 is 22.7 Å². The average molecular weight is 246 g/mol. The van der Waals surface area contributed by atoms with Crippen LogP contribution in [0.3, 0.4) is 0 Å². The summed E-state index contributed by atoms with van der Waals surface area (Å²) in [6.07, 6.45) is -0.435. The third kappa shape index (κ3) is 2.66. The molecule has 0 saturated carbocycles. The Kier molecular flexibility index (Phi) is 3.59. The number of hydrogen-bond acceptors (Lipinski definition) is 5. The fraction of sp³-hybridized carbons (Fsp3) is 0.333. The van der Waals surface area contributed by atoms with E-state index in [9.17, 15) is 0 Å². The van der Waals surface area contributed by atoms with Crippen molar-refractivity contribution in [1.29, 1.82) is 0 Å². The Morgan fingerprint density at radius 1 is 1.39 bits per heavy atom. The number of imidazole rings is 1. The fourth-order valence-corrected chi connectivity index (χ4v) is 1.72. The van der Waals surface area contributed by atoms with E-state index in [2.05, 4.69) is 15.5 Å². The van der Waals surface area contributed by atoms with Crippen LogP contribution in [-0.4, -0.2) is 21.4 Å². The van der Waals surface area contributed by atoms with Gasteiger partial charge in [-0.15, -0.1) is 0 Å². The molecule has 0 unspecified atom stereocenters. The second-order valence-corrected chi connectivity index (χ2v) is 4.37. The summed E-state index contributed by atoms with van der Waals surface area (Å²) in [5, 5.41) is 4.16. The Bertz CT molecular complexity index is 565. The third-order valence-corrected chi connectivity index (χ3v) is 2.43. The number of hydrazone groups is 1. The predicted octanol–water partition coefficient (Wildman–Crippen LogP) is 1.09. The van der Waals surface area contributed by atoms with Gasteiger partial charge >= 0.3 is 0 Å². The van der Waals surface area contributed by atoms with Crippen molar-refractivity contribution < 1.29 is 0 Å². The maximum atomic E-state index is 5.67. The SMILES string of the molecule is CC(C)=NNc1nc2ccccc2n1CC(N)N. The van der Waals surface area contributed by atoms with Crippen molar-refractivity contribution in [2.45, 2.75) is 26.6 Å². The molecule has 0 aliphatic carbocycles. The smallest absolute Gasteiger partial charge is 0.224 e. The van der Waals surface area contributed by atoms with Crippen LogP contribution in [0.4, 0.5) is 5.95 Å². The Hall–Kier alpha value is -1.92. The lowest BCUT2D eigenvalue weighted by molar-refractivity contribution is 0.584. The molecular weight excluding hydrogens is 228 g/mol. The van der Waals surface area contributed by atoms with Gasteiger partial charge in [-0.05, 0) is 26.0 Å². The van der Waals surface area contributed by atoms with Gasteiger partial charge in [-0.1, -0.05) is 12.1 Å². The standard InChI is InChI=1S/C12H18N6/c1-8(2)16-17-12-15-9-5-3-4-6-10(9)18(12)7-11(13)14/h3-6,11H,7,13-14H2,1-2H3,(H,15,17). The zero-order valence-electron chi connectivity index (χ0n) is 10.6. The Balaban J connectivity index is 2.46. The molecule has 1 aromatic carbocycles. The molecule has 96 valence electrons. The Morgan fingerprint density at radius 2 is 2.11 bits per heavy atom. The number of nitrogens with zero attached hydrogens (tertiary/aromatic N) is 3. The molecule has 2 rings (SSSR count). The van der Waals surface area contributed by atoms with E-state index in [0.29, 0.717) is 12.5 Å². The summed E-state index contributed by atoms with van der Waals surface area (Å²) in [5.41, 5.74) is 17.1. The first kappa shape index (κ1) is 12.5. The largest absolute Gasteiger partial charge is 0.315 e. The lowest BCUT2D eigenvalue weighted by Gasteiger charge is -2.11. The van der Waals surface area contributed by atoms with Gasteiger partial charge in [0, 0.05) is 5.71 Å². The number of para-hydroxylation sites is 2. The van der Waals surface area contributed by atoms with Crippen molar-refractivity contribution in [2.24, 2.45) is 16.6 Å². The van der Waals surface area contributed by atoms with Crippen molar-refractivity contribution in [3.8, 4) is 0 Å². The summed E-state index contributed by atoms with van der Waals surface area (Å²) in [7, 11) is 0. The first-order chi connectivity index (χ1) is 8.58. The molecule has 18 heavy (non-hydrogen) atoms. The van der Waals surface area contributed by atoms with Gasteiger partial charge in [0.05, 0.1) is 23.7 Å². The van der Waals surface area contributed by atoms with E-state index in [4.69, 9.17) is 11.5 Å². The predicted molar refractivity (Wildman–Crippen MR) is 74.3 cm³/mol. The van der Waals surface area contributed by atoms with Gasteiger partial charge in [0.25, 0.3) is 0 Å². The van der Waals surface area contributed by atoms with Crippen LogP contribution >= 0.6 is 0 Å². The average Bonchev–Trinajstić information content (AvgIpc) is 2.64. The number of nitrogens with one attached hydrogen (secondary N) is 1. The zero-order chi connectivity index (χ0) is 13.1. The Labute approximate surface area is 106 Å². The van der Waals surface area contributed by atoms with E-state index in [0.717, 1.165) is 16.7 Å². The lowest BCUT2D eigenvalue weighted by Crippen LogP contribution is -2.35. The molecule has 0 saturated heterocycles. The highest BCUT2D eigenvalue weighted by Gasteiger charge is 2.11. The molecule has 0 bridgehead atoms. The second kappa shape index (κ2) is 5.16. The van der Waals surface area contributed by atoms with Crippen LogP contribution in [0.25, 0.3) is 11.0 Å². The van der Waals surface area contributed by atoms with Gasteiger partial charge in [-0.25, -0.2) is 10.4 Å². The van der Waals surface area contributed by atoms with E-state index >= 15 is 0 Å². The quantitative estimate of drug-likeness (QED) is 0.427. The summed E-state index contributed by atoms with van der Waals surface area (Å²) in [4.78, 5) is 4.47. The molecule has 0 spiro atoms. The second-order valence-electron chi connectivity index (χ2n) is 4.37. The van der Waals surface area contributed by atoms with Crippen molar-refractivity contribution in [3.63, 3.8) is 0 Å². The van der Waals surface area contributed by atoms with E-state index in [1.165, 1.54) is 0 Å². The highest BCUT2D eigenvalue weighted by atomic mass is 15.4. The van der Waals surface area contributed by atoms with E-state index in [-0.39, 0.29) is 0 Å². The maximum absolute atomic E-state index is 5.67. The summed E-state index contributed by atoms with van der Waals surface area (Å²) < 4.78 is 1.94. The van der Waals surface area contributed by atoms with Gasteiger partial charge in [0.2, 0.25) is 5.95 Å². The summed E-state index contributed by atoms with van der Waals surface area (Å²) in [6.45, 7) is 4.31. The summed E-state index contributed by atoms with van der Waals surface area (Å²) in [6, 6.07) is 7.83. The van der Waals surface area contributed by atoms with Crippen LogP contribution < -0.4 is 16.9 Å². The molecular formula is C12H18N6. The molecule has 1 aromatic heterocycles. The molecule has 5 N–H and O–H groups in total. The van der Waals surface area contributed by atoms with Gasteiger partial charge in [0.1, 0.15) is 0 Å².